The van der Waals surface area contributed by atoms with Crippen molar-refractivity contribution in [1.29, 1.82) is 0 Å². The number of hydrogen-bond acceptors (Lipinski definition) is 6. The number of hydrogen-bond donors (Lipinski definition) is 1. The summed E-state index contributed by atoms with van der Waals surface area (Å²) in [6.45, 7) is 2.67. The molecule has 1 unspecified atom stereocenters. The fourth-order valence-electron chi connectivity index (χ4n) is 1.13. The first kappa shape index (κ1) is 12.9. The highest BCUT2D eigenvalue weighted by molar-refractivity contribution is 7.99. The van der Waals surface area contributed by atoms with Gasteiger partial charge in [-0.3, -0.25) is 9.78 Å². The van der Waals surface area contributed by atoms with Crippen LogP contribution in [-0.4, -0.2) is 41.4 Å². The number of rotatable bonds is 6. The lowest BCUT2D eigenvalue weighted by molar-refractivity contribution is -0.142. The highest BCUT2D eigenvalue weighted by atomic mass is 32.2. The van der Waals surface area contributed by atoms with Gasteiger partial charge in [-0.2, -0.15) is 0 Å². The number of esters is 1. The lowest BCUT2D eigenvalue weighted by Crippen LogP contribution is -2.39. The second-order valence-corrected chi connectivity index (χ2v) is 4.03. The largest absolute Gasteiger partial charge is 0.468 e. The van der Waals surface area contributed by atoms with Gasteiger partial charge in [-0.1, -0.05) is 6.92 Å². The molecule has 0 fully saturated rings. The lowest BCUT2D eigenvalue weighted by Gasteiger charge is -2.14. The minimum absolute atomic E-state index is 0.252. The Kier molecular flexibility index (Phi) is 5.81. The SMILES string of the molecule is CCNC(CSc1cnccn1)C(=O)OC. The van der Waals surface area contributed by atoms with Crippen molar-refractivity contribution in [2.75, 3.05) is 19.4 Å². The molecule has 16 heavy (non-hydrogen) atoms. The second-order valence-electron chi connectivity index (χ2n) is 2.99. The minimum atomic E-state index is -0.304. The van der Waals surface area contributed by atoms with E-state index in [4.69, 9.17) is 4.74 Å². The lowest BCUT2D eigenvalue weighted by atomic mass is 10.3. The van der Waals surface area contributed by atoms with Crippen LogP contribution in [-0.2, 0) is 9.53 Å². The molecule has 5 nitrogen and oxygen atoms in total. The van der Waals surface area contributed by atoms with Crippen molar-refractivity contribution in [3.05, 3.63) is 18.6 Å². The molecule has 0 saturated carbocycles. The Morgan fingerprint density at radius 3 is 3.00 bits per heavy atom. The van der Waals surface area contributed by atoms with Gasteiger partial charge in [-0.05, 0) is 6.54 Å². The van der Waals surface area contributed by atoms with Crippen molar-refractivity contribution < 1.29 is 9.53 Å². The zero-order valence-electron chi connectivity index (χ0n) is 9.34. The molecule has 1 aromatic heterocycles. The van der Waals surface area contributed by atoms with Crippen LogP contribution in [0.15, 0.2) is 23.6 Å². The molecule has 0 bridgehead atoms. The number of likely N-dealkylation sites (N-methyl/N-ethyl adjacent to an activating group) is 1. The minimum Gasteiger partial charge on any atom is -0.468 e. The van der Waals surface area contributed by atoms with Crippen LogP contribution in [0.1, 0.15) is 6.92 Å². The predicted octanol–water partition coefficient (Wildman–Crippen LogP) is 0.720. The van der Waals surface area contributed by atoms with Crippen molar-refractivity contribution in [3.63, 3.8) is 0 Å². The van der Waals surface area contributed by atoms with E-state index in [-0.39, 0.29) is 12.0 Å². The van der Waals surface area contributed by atoms with Gasteiger partial charge in [0, 0.05) is 18.1 Å². The summed E-state index contributed by atoms with van der Waals surface area (Å²) in [5.41, 5.74) is 0. The molecule has 0 radical (unpaired) electrons. The van der Waals surface area contributed by atoms with Crippen molar-refractivity contribution in [3.8, 4) is 0 Å². The van der Waals surface area contributed by atoms with Gasteiger partial charge in [0.15, 0.2) is 0 Å². The van der Waals surface area contributed by atoms with E-state index in [9.17, 15) is 4.79 Å². The number of nitrogens with zero attached hydrogens (tertiary/aromatic N) is 2. The molecule has 1 aromatic rings. The van der Waals surface area contributed by atoms with E-state index in [1.807, 2.05) is 6.92 Å². The third kappa shape index (κ3) is 4.16. The number of nitrogens with one attached hydrogen (secondary N) is 1. The summed E-state index contributed by atoms with van der Waals surface area (Å²) in [6, 6.07) is -0.304. The van der Waals surface area contributed by atoms with Gasteiger partial charge in [-0.15, -0.1) is 11.8 Å². The topological polar surface area (TPSA) is 64.1 Å². The molecule has 0 aliphatic rings. The average molecular weight is 241 g/mol. The van der Waals surface area contributed by atoms with E-state index in [2.05, 4.69) is 15.3 Å². The van der Waals surface area contributed by atoms with Crippen LogP contribution in [0, 0.1) is 0 Å². The maximum absolute atomic E-state index is 11.4. The Morgan fingerprint density at radius 2 is 2.44 bits per heavy atom. The standard InChI is InChI=1S/C10H15N3O2S/c1-3-12-8(10(14)15-2)7-16-9-6-11-4-5-13-9/h4-6,8,12H,3,7H2,1-2H3. The first-order chi connectivity index (χ1) is 7.77. The Labute approximate surface area is 99.0 Å². The monoisotopic (exact) mass is 241 g/mol. The van der Waals surface area contributed by atoms with Crippen LogP contribution in [0.3, 0.4) is 0 Å². The van der Waals surface area contributed by atoms with Crippen LogP contribution < -0.4 is 5.32 Å². The number of ether oxygens (including phenoxy) is 1. The zero-order valence-corrected chi connectivity index (χ0v) is 10.2. The van der Waals surface area contributed by atoms with Gasteiger partial charge in [0.1, 0.15) is 11.1 Å². The Bertz CT molecular complexity index is 321. The normalized spacial score (nSPS) is 12.1. The molecular formula is C10H15N3O2S. The quantitative estimate of drug-likeness (QED) is 0.585. The summed E-state index contributed by atoms with van der Waals surface area (Å²) in [7, 11) is 1.39. The number of thioether (sulfide) groups is 1. The molecule has 1 atom stereocenters. The van der Waals surface area contributed by atoms with Crippen molar-refractivity contribution in [2.24, 2.45) is 0 Å². The van der Waals surface area contributed by atoms with Crippen LogP contribution in [0.25, 0.3) is 0 Å². The second kappa shape index (κ2) is 7.19. The Morgan fingerprint density at radius 1 is 1.62 bits per heavy atom. The van der Waals surface area contributed by atoms with Crippen molar-refractivity contribution in [1.82, 2.24) is 15.3 Å². The highest BCUT2D eigenvalue weighted by Crippen LogP contribution is 2.14. The molecule has 0 amide bonds. The van der Waals surface area contributed by atoms with Crippen LogP contribution >= 0.6 is 11.8 Å². The number of aromatic nitrogens is 2. The van der Waals surface area contributed by atoms with E-state index in [0.717, 1.165) is 11.6 Å². The van der Waals surface area contributed by atoms with Gasteiger partial charge in [0.05, 0.1) is 13.3 Å². The van der Waals surface area contributed by atoms with Gasteiger partial charge in [-0.25, -0.2) is 4.98 Å². The molecule has 0 aliphatic carbocycles. The average Bonchev–Trinajstić information content (AvgIpc) is 2.34. The van der Waals surface area contributed by atoms with E-state index in [0.29, 0.717) is 5.75 Å². The number of carbonyl (C=O) groups excluding carboxylic acids is 1. The summed E-state index contributed by atoms with van der Waals surface area (Å²) in [6.07, 6.45) is 4.92. The first-order valence-electron chi connectivity index (χ1n) is 4.98. The van der Waals surface area contributed by atoms with Gasteiger partial charge in [0.25, 0.3) is 0 Å². The number of methoxy groups -OCH3 is 1. The molecule has 88 valence electrons. The highest BCUT2D eigenvalue weighted by Gasteiger charge is 2.18. The van der Waals surface area contributed by atoms with Crippen molar-refractivity contribution >= 4 is 17.7 Å². The van der Waals surface area contributed by atoms with Crippen LogP contribution in [0.5, 0.6) is 0 Å². The van der Waals surface area contributed by atoms with E-state index >= 15 is 0 Å². The summed E-state index contributed by atoms with van der Waals surface area (Å²) in [5.74, 6) is 0.331. The summed E-state index contributed by atoms with van der Waals surface area (Å²) >= 11 is 1.48. The fourth-order valence-corrected chi connectivity index (χ4v) is 1.99. The molecule has 1 N–H and O–H groups in total. The molecule has 1 rings (SSSR count). The molecule has 0 saturated heterocycles. The van der Waals surface area contributed by atoms with E-state index < -0.39 is 0 Å². The maximum Gasteiger partial charge on any atom is 0.323 e. The summed E-state index contributed by atoms with van der Waals surface area (Å²) in [4.78, 5) is 19.5. The summed E-state index contributed by atoms with van der Waals surface area (Å²) in [5, 5.41) is 3.86. The molecular weight excluding hydrogens is 226 g/mol. The zero-order chi connectivity index (χ0) is 11.8. The Balaban J connectivity index is 2.47. The van der Waals surface area contributed by atoms with E-state index in [1.54, 1.807) is 18.6 Å². The maximum atomic E-state index is 11.4. The summed E-state index contributed by atoms with van der Waals surface area (Å²) < 4.78 is 4.70. The van der Waals surface area contributed by atoms with E-state index in [1.165, 1.54) is 18.9 Å². The molecule has 0 spiro atoms. The van der Waals surface area contributed by atoms with Crippen molar-refractivity contribution in [2.45, 2.75) is 18.0 Å². The first-order valence-corrected chi connectivity index (χ1v) is 5.96. The predicted molar refractivity (Wildman–Crippen MR) is 62.2 cm³/mol. The van der Waals surface area contributed by atoms with Gasteiger partial charge < -0.3 is 10.1 Å². The number of carbonyl (C=O) groups is 1. The smallest absolute Gasteiger partial charge is 0.323 e. The molecule has 0 aromatic carbocycles. The third-order valence-corrected chi connectivity index (χ3v) is 2.88. The van der Waals surface area contributed by atoms with Crippen LogP contribution in [0.4, 0.5) is 0 Å². The third-order valence-electron chi connectivity index (χ3n) is 1.87. The van der Waals surface area contributed by atoms with Gasteiger partial charge >= 0.3 is 5.97 Å². The Hall–Kier alpha value is -1.14. The van der Waals surface area contributed by atoms with Crippen LogP contribution in [0.2, 0.25) is 0 Å². The fraction of sp³-hybridized carbons (Fsp3) is 0.500. The molecule has 6 heteroatoms. The molecule has 1 heterocycles. The van der Waals surface area contributed by atoms with Gasteiger partial charge in [0.2, 0.25) is 0 Å². The molecule has 0 aliphatic heterocycles.